The standard InChI is InChI=1S/C21H24N2O3/c1-15(24)16-7-9-17(10-8-16)18-5-4-6-19(13-18)21(26)22-14-20(25)23-11-2-3-12-23/h4-10,13,15,24H,2-3,11-12,14H2,1H3,(H,22,26)/t15-/m1/s1. The van der Waals surface area contributed by atoms with Gasteiger partial charge in [0, 0.05) is 18.7 Å². The number of carbonyl (C=O) groups excluding carboxylic acids is 2. The number of nitrogens with one attached hydrogen (secondary N) is 1. The van der Waals surface area contributed by atoms with Gasteiger partial charge in [-0.15, -0.1) is 0 Å². The molecule has 5 nitrogen and oxygen atoms in total. The highest BCUT2D eigenvalue weighted by molar-refractivity contribution is 5.97. The summed E-state index contributed by atoms with van der Waals surface area (Å²) < 4.78 is 0. The molecule has 2 amide bonds. The number of hydrogen-bond donors (Lipinski definition) is 2. The summed E-state index contributed by atoms with van der Waals surface area (Å²) in [5.41, 5.74) is 3.26. The average molecular weight is 352 g/mol. The first-order valence-electron chi connectivity index (χ1n) is 8.99. The highest BCUT2D eigenvalue weighted by Gasteiger charge is 2.18. The summed E-state index contributed by atoms with van der Waals surface area (Å²) in [6, 6.07) is 14.9. The van der Waals surface area contributed by atoms with Gasteiger partial charge >= 0.3 is 0 Å². The van der Waals surface area contributed by atoms with E-state index in [-0.39, 0.29) is 18.4 Å². The van der Waals surface area contributed by atoms with Crippen molar-refractivity contribution in [1.82, 2.24) is 10.2 Å². The number of nitrogens with zero attached hydrogens (tertiary/aromatic N) is 1. The Morgan fingerprint density at radius 1 is 1.08 bits per heavy atom. The Labute approximate surface area is 153 Å². The topological polar surface area (TPSA) is 69.6 Å². The molecule has 1 atom stereocenters. The number of hydrogen-bond acceptors (Lipinski definition) is 3. The molecule has 1 aliphatic rings. The van der Waals surface area contributed by atoms with Crippen LogP contribution < -0.4 is 5.32 Å². The van der Waals surface area contributed by atoms with E-state index in [2.05, 4.69) is 5.32 Å². The third kappa shape index (κ3) is 4.29. The lowest BCUT2D eigenvalue weighted by atomic mass is 10.0. The minimum atomic E-state index is -0.505. The van der Waals surface area contributed by atoms with E-state index in [4.69, 9.17) is 0 Å². The molecule has 1 heterocycles. The van der Waals surface area contributed by atoms with Gasteiger partial charge in [-0.05, 0) is 48.6 Å². The predicted octanol–water partition coefficient (Wildman–Crippen LogP) is 2.76. The van der Waals surface area contributed by atoms with Gasteiger partial charge in [-0.1, -0.05) is 36.4 Å². The van der Waals surface area contributed by atoms with E-state index in [1.54, 1.807) is 17.9 Å². The molecule has 0 radical (unpaired) electrons. The van der Waals surface area contributed by atoms with E-state index < -0.39 is 6.10 Å². The quantitative estimate of drug-likeness (QED) is 0.869. The van der Waals surface area contributed by atoms with Gasteiger partial charge in [0.05, 0.1) is 12.6 Å². The van der Waals surface area contributed by atoms with E-state index >= 15 is 0 Å². The second kappa shape index (κ2) is 8.15. The fourth-order valence-electron chi connectivity index (χ4n) is 3.13. The minimum Gasteiger partial charge on any atom is -0.389 e. The number of amides is 2. The van der Waals surface area contributed by atoms with E-state index in [9.17, 15) is 14.7 Å². The van der Waals surface area contributed by atoms with Gasteiger partial charge < -0.3 is 15.3 Å². The predicted molar refractivity (Wildman–Crippen MR) is 101 cm³/mol. The van der Waals surface area contributed by atoms with Crippen molar-refractivity contribution in [2.45, 2.75) is 25.9 Å². The van der Waals surface area contributed by atoms with Gasteiger partial charge in [0.1, 0.15) is 0 Å². The Balaban J connectivity index is 1.66. The van der Waals surface area contributed by atoms with Crippen molar-refractivity contribution in [2.24, 2.45) is 0 Å². The molecule has 0 bridgehead atoms. The maximum atomic E-state index is 12.4. The zero-order valence-electron chi connectivity index (χ0n) is 14.9. The van der Waals surface area contributed by atoms with Gasteiger partial charge in [0.2, 0.25) is 5.91 Å². The van der Waals surface area contributed by atoms with Crippen LogP contribution >= 0.6 is 0 Å². The van der Waals surface area contributed by atoms with Crippen molar-refractivity contribution >= 4 is 11.8 Å². The molecule has 26 heavy (non-hydrogen) atoms. The molecule has 0 aromatic heterocycles. The van der Waals surface area contributed by atoms with Crippen LogP contribution in [-0.2, 0) is 4.79 Å². The maximum Gasteiger partial charge on any atom is 0.251 e. The normalized spacial score (nSPS) is 14.9. The first-order chi connectivity index (χ1) is 12.5. The molecule has 2 aromatic carbocycles. The van der Waals surface area contributed by atoms with Crippen molar-refractivity contribution in [3.8, 4) is 11.1 Å². The number of aliphatic hydroxyl groups is 1. The average Bonchev–Trinajstić information content (AvgIpc) is 3.21. The van der Waals surface area contributed by atoms with E-state index in [1.165, 1.54) is 0 Å². The fourth-order valence-corrected chi connectivity index (χ4v) is 3.13. The smallest absolute Gasteiger partial charge is 0.251 e. The molecular formula is C21H24N2O3. The SMILES string of the molecule is C[C@@H](O)c1ccc(-c2cccc(C(=O)NCC(=O)N3CCCC3)c2)cc1. The van der Waals surface area contributed by atoms with Crippen LogP contribution in [0.4, 0.5) is 0 Å². The minimum absolute atomic E-state index is 0.0271. The summed E-state index contributed by atoms with van der Waals surface area (Å²) >= 11 is 0. The van der Waals surface area contributed by atoms with Crippen LogP contribution in [0.3, 0.4) is 0 Å². The molecule has 136 valence electrons. The Morgan fingerprint density at radius 2 is 1.77 bits per heavy atom. The maximum absolute atomic E-state index is 12.4. The monoisotopic (exact) mass is 352 g/mol. The second-order valence-electron chi connectivity index (χ2n) is 6.65. The lowest BCUT2D eigenvalue weighted by molar-refractivity contribution is -0.129. The van der Waals surface area contributed by atoms with Crippen molar-refractivity contribution < 1.29 is 14.7 Å². The Bertz CT molecular complexity index is 778. The van der Waals surface area contributed by atoms with Gasteiger partial charge in [-0.3, -0.25) is 9.59 Å². The molecule has 5 heteroatoms. The summed E-state index contributed by atoms with van der Waals surface area (Å²) in [5, 5.41) is 12.3. The largest absolute Gasteiger partial charge is 0.389 e. The van der Waals surface area contributed by atoms with Crippen LogP contribution in [0.1, 0.15) is 41.8 Å². The molecule has 3 rings (SSSR count). The lowest BCUT2D eigenvalue weighted by Gasteiger charge is -2.15. The zero-order valence-corrected chi connectivity index (χ0v) is 14.9. The molecule has 1 fully saturated rings. The molecule has 0 saturated carbocycles. The first-order valence-corrected chi connectivity index (χ1v) is 8.99. The van der Waals surface area contributed by atoms with Crippen molar-refractivity contribution in [3.05, 3.63) is 59.7 Å². The number of rotatable bonds is 5. The molecule has 2 aromatic rings. The van der Waals surface area contributed by atoms with E-state index in [1.807, 2.05) is 42.5 Å². The molecule has 2 N–H and O–H groups in total. The van der Waals surface area contributed by atoms with E-state index in [0.29, 0.717) is 5.56 Å². The molecule has 0 unspecified atom stereocenters. The summed E-state index contributed by atoms with van der Waals surface area (Å²) in [5.74, 6) is -0.277. The highest BCUT2D eigenvalue weighted by atomic mass is 16.3. The summed E-state index contributed by atoms with van der Waals surface area (Å²) in [7, 11) is 0. The van der Waals surface area contributed by atoms with Crippen LogP contribution in [0.2, 0.25) is 0 Å². The lowest BCUT2D eigenvalue weighted by Crippen LogP contribution is -2.38. The Hall–Kier alpha value is -2.66. The van der Waals surface area contributed by atoms with Crippen LogP contribution in [0, 0.1) is 0 Å². The van der Waals surface area contributed by atoms with Gasteiger partial charge in [0.25, 0.3) is 5.91 Å². The third-order valence-electron chi connectivity index (χ3n) is 4.71. The molecular weight excluding hydrogens is 328 g/mol. The zero-order chi connectivity index (χ0) is 18.5. The van der Waals surface area contributed by atoms with Gasteiger partial charge in [0.15, 0.2) is 0 Å². The van der Waals surface area contributed by atoms with Crippen molar-refractivity contribution in [3.63, 3.8) is 0 Å². The van der Waals surface area contributed by atoms with Crippen LogP contribution in [0.15, 0.2) is 48.5 Å². The van der Waals surface area contributed by atoms with Crippen molar-refractivity contribution in [2.75, 3.05) is 19.6 Å². The van der Waals surface area contributed by atoms with Crippen LogP contribution in [-0.4, -0.2) is 41.5 Å². The molecule has 1 aliphatic heterocycles. The number of aliphatic hydroxyl groups excluding tert-OH is 1. The Kier molecular flexibility index (Phi) is 5.68. The molecule has 1 saturated heterocycles. The molecule has 0 aliphatic carbocycles. The second-order valence-corrected chi connectivity index (χ2v) is 6.65. The fraction of sp³-hybridized carbons (Fsp3) is 0.333. The van der Waals surface area contributed by atoms with Crippen molar-refractivity contribution in [1.29, 1.82) is 0 Å². The third-order valence-corrected chi connectivity index (χ3v) is 4.71. The first kappa shape index (κ1) is 18.1. The van der Waals surface area contributed by atoms with Gasteiger partial charge in [-0.25, -0.2) is 0 Å². The number of benzene rings is 2. The summed E-state index contributed by atoms with van der Waals surface area (Å²) in [6.07, 6.45) is 1.57. The van der Waals surface area contributed by atoms with Gasteiger partial charge in [-0.2, -0.15) is 0 Å². The van der Waals surface area contributed by atoms with Crippen LogP contribution in [0.25, 0.3) is 11.1 Å². The van der Waals surface area contributed by atoms with Crippen LogP contribution in [0.5, 0.6) is 0 Å². The Morgan fingerprint density at radius 3 is 2.42 bits per heavy atom. The number of likely N-dealkylation sites (tertiary alicyclic amines) is 1. The van der Waals surface area contributed by atoms with E-state index in [0.717, 1.165) is 42.6 Å². The highest BCUT2D eigenvalue weighted by Crippen LogP contribution is 2.23. The summed E-state index contributed by atoms with van der Waals surface area (Å²) in [4.78, 5) is 26.2. The number of carbonyl (C=O) groups is 2. The summed E-state index contributed by atoms with van der Waals surface area (Å²) in [6.45, 7) is 3.33. The molecule has 0 spiro atoms.